The van der Waals surface area contributed by atoms with E-state index in [1.54, 1.807) is 43.3 Å². The fourth-order valence-corrected chi connectivity index (χ4v) is 3.36. The van der Waals surface area contributed by atoms with E-state index in [4.69, 9.17) is 21.1 Å². The number of hydrogen-bond donors (Lipinski definition) is 1. The van der Waals surface area contributed by atoms with Crippen LogP contribution < -0.4 is 21.3 Å². The molecule has 1 amide bonds. The number of ether oxygens (including phenoxy) is 2. The van der Waals surface area contributed by atoms with Gasteiger partial charge in [-0.25, -0.2) is 9.36 Å². The Morgan fingerprint density at radius 1 is 1.17 bits per heavy atom. The average Bonchev–Trinajstić information content (AvgIpc) is 2.73. The number of carbonyl (C=O) groups excluding carboxylic acids is 1. The first-order chi connectivity index (χ1) is 14.4. The van der Waals surface area contributed by atoms with Crippen LogP contribution in [0.5, 0.6) is 5.75 Å². The maximum Gasteiger partial charge on any atom is 0.336 e. The molecule has 0 saturated carbocycles. The predicted octanol–water partition coefficient (Wildman–Crippen LogP) is 2.14. The Kier molecular flexibility index (Phi) is 6.59. The van der Waals surface area contributed by atoms with E-state index in [1.807, 2.05) is 0 Å². The van der Waals surface area contributed by atoms with E-state index in [-0.39, 0.29) is 16.8 Å². The lowest BCUT2D eigenvalue weighted by Gasteiger charge is -2.20. The molecule has 1 N–H and O–H groups in total. The van der Waals surface area contributed by atoms with Crippen LogP contribution in [0.15, 0.2) is 52.1 Å². The van der Waals surface area contributed by atoms with E-state index in [9.17, 15) is 14.4 Å². The van der Waals surface area contributed by atoms with Gasteiger partial charge >= 0.3 is 5.69 Å². The van der Waals surface area contributed by atoms with Crippen molar-refractivity contribution in [3.63, 3.8) is 0 Å². The fraction of sp³-hybridized carbons (Fsp3) is 0.286. The molecule has 158 valence electrons. The zero-order valence-corrected chi connectivity index (χ0v) is 17.6. The molecule has 2 aromatic carbocycles. The number of fused-ring (bicyclic) bond motifs is 1. The van der Waals surface area contributed by atoms with Gasteiger partial charge in [0.15, 0.2) is 0 Å². The maximum atomic E-state index is 13.4. The molecule has 3 aromatic rings. The third kappa shape index (κ3) is 4.10. The summed E-state index contributed by atoms with van der Waals surface area (Å²) >= 11 is 6.12. The van der Waals surface area contributed by atoms with E-state index in [2.05, 4.69) is 5.32 Å². The number of hydrogen-bond acceptors (Lipinski definition) is 5. The number of halogens is 1. The molecule has 0 aliphatic carbocycles. The first-order valence-electron chi connectivity index (χ1n) is 9.27. The van der Waals surface area contributed by atoms with Crippen molar-refractivity contribution < 1.29 is 14.3 Å². The minimum Gasteiger partial charge on any atom is -0.497 e. The summed E-state index contributed by atoms with van der Waals surface area (Å²) in [6.07, 6.45) is 0. The molecule has 1 aromatic heterocycles. The van der Waals surface area contributed by atoms with Crippen molar-refractivity contribution in [3.8, 4) is 11.4 Å². The van der Waals surface area contributed by atoms with Crippen LogP contribution in [0.1, 0.15) is 13.0 Å². The normalized spacial score (nSPS) is 12.0. The molecule has 0 radical (unpaired) electrons. The molecule has 9 heteroatoms. The molecule has 0 spiro atoms. The van der Waals surface area contributed by atoms with Crippen LogP contribution in [0.4, 0.5) is 0 Å². The minimum atomic E-state index is -0.896. The summed E-state index contributed by atoms with van der Waals surface area (Å²) in [4.78, 5) is 39.3. The number of benzene rings is 2. The first-order valence-corrected chi connectivity index (χ1v) is 9.64. The number of amides is 1. The molecule has 1 heterocycles. The Labute approximate surface area is 177 Å². The summed E-state index contributed by atoms with van der Waals surface area (Å²) < 4.78 is 12.4. The molecular weight excluding hydrogens is 410 g/mol. The summed E-state index contributed by atoms with van der Waals surface area (Å²) in [7, 11) is 3.02. The first kappa shape index (κ1) is 21.6. The van der Waals surface area contributed by atoms with E-state index in [0.717, 1.165) is 4.57 Å². The molecule has 0 aliphatic rings. The lowest BCUT2D eigenvalue weighted by Crippen LogP contribution is -2.44. The fourth-order valence-electron chi connectivity index (χ4n) is 3.20. The van der Waals surface area contributed by atoms with Gasteiger partial charge in [-0.15, -0.1) is 0 Å². The average molecular weight is 432 g/mol. The highest BCUT2D eigenvalue weighted by atomic mass is 35.5. The highest BCUT2D eigenvalue weighted by Gasteiger charge is 2.23. The quantitative estimate of drug-likeness (QED) is 0.579. The van der Waals surface area contributed by atoms with Crippen molar-refractivity contribution in [2.75, 3.05) is 27.4 Å². The van der Waals surface area contributed by atoms with Crippen molar-refractivity contribution in [2.45, 2.75) is 13.0 Å². The van der Waals surface area contributed by atoms with E-state index < -0.39 is 17.3 Å². The van der Waals surface area contributed by atoms with Crippen LogP contribution in [-0.4, -0.2) is 42.4 Å². The van der Waals surface area contributed by atoms with Gasteiger partial charge in [0.25, 0.3) is 5.56 Å². The third-order valence-electron chi connectivity index (χ3n) is 4.73. The van der Waals surface area contributed by atoms with Crippen LogP contribution in [-0.2, 0) is 9.53 Å². The second-order valence-corrected chi connectivity index (χ2v) is 7.05. The molecule has 0 saturated heterocycles. The molecule has 8 nitrogen and oxygen atoms in total. The van der Waals surface area contributed by atoms with E-state index in [0.29, 0.717) is 29.6 Å². The second kappa shape index (κ2) is 9.15. The van der Waals surface area contributed by atoms with Crippen molar-refractivity contribution in [1.29, 1.82) is 0 Å². The van der Waals surface area contributed by atoms with Gasteiger partial charge in [0.05, 0.1) is 30.3 Å². The molecule has 30 heavy (non-hydrogen) atoms. The molecule has 0 fully saturated rings. The molecular formula is C21H22ClN3O5. The minimum absolute atomic E-state index is 0.262. The van der Waals surface area contributed by atoms with Gasteiger partial charge in [0.2, 0.25) is 5.91 Å². The Hall–Kier alpha value is -3.10. The molecule has 0 unspecified atom stereocenters. The summed E-state index contributed by atoms with van der Waals surface area (Å²) in [5, 5.41) is 3.33. The van der Waals surface area contributed by atoms with Gasteiger partial charge in [-0.3, -0.25) is 14.2 Å². The number of aromatic nitrogens is 2. The summed E-state index contributed by atoms with van der Waals surface area (Å²) in [6.45, 7) is 2.22. The van der Waals surface area contributed by atoms with E-state index >= 15 is 0 Å². The zero-order chi connectivity index (χ0) is 21.8. The molecule has 1 atom stereocenters. The van der Waals surface area contributed by atoms with Gasteiger partial charge < -0.3 is 14.8 Å². The number of carbonyl (C=O) groups is 1. The van der Waals surface area contributed by atoms with Gasteiger partial charge in [0.1, 0.15) is 11.8 Å². The van der Waals surface area contributed by atoms with Crippen LogP contribution in [0.2, 0.25) is 5.02 Å². The Balaban J connectivity index is 2.27. The van der Waals surface area contributed by atoms with Gasteiger partial charge in [0, 0.05) is 24.7 Å². The topological polar surface area (TPSA) is 91.6 Å². The van der Waals surface area contributed by atoms with Gasteiger partial charge in [-0.1, -0.05) is 17.7 Å². The second-order valence-electron chi connectivity index (χ2n) is 6.62. The maximum absolute atomic E-state index is 13.4. The largest absolute Gasteiger partial charge is 0.497 e. The Bertz CT molecular complexity index is 1200. The van der Waals surface area contributed by atoms with Crippen LogP contribution in [0.3, 0.4) is 0 Å². The SMILES string of the molecule is COCCNC(=O)[C@H](C)n1c(=O)n(-c2cccc(OC)c2)c(=O)c2ccc(Cl)cc21. The number of nitrogens with one attached hydrogen (secondary N) is 1. The van der Waals surface area contributed by atoms with Crippen LogP contribution in [0.25, 0.3) is 16.6 Å². The van der Waals surface area contributed by atoms with Crippen LogP contribution >= 0.6 is 11.6 Å². The monoisotopic (exact) mass is 431 g/mol. The number of nitrogens with zero attached hydrogens (tertiary/aromatic N) is 2. The van der Waals surface area contributed by atoms with Crippen molar-refractivity contribution in [2.24, 2.45) is 0 Å². The van der Waals surface area contributed by atoms with Crippen molar-refractivity contribution in [1.82, 2.24) is 14.5 Å². The Morgan fingerprint density at radius 3 is 2.63 bits per heavy atom. The predicted molar refractivity (Wildman–Crippen MR) is 115 cm³/mol. The molecule has 3 rings (SSSR count). The Morgan fingerprint density at radius 2 is 1.93 bits per heavy atom. The van der Waals surface area contributed by atoms with Crippen molar-refractivity contribution >= 4 is 28.4 Å². The summed E-state index contributed by atoms with van der Waals surface area (Å²) in [5.41, 5.74) is -0.548. The smallest absolute Gasteiger partial charge is 0.336 e. The summed E-state index contributed by atoms with van der Waals surface area (Å²) in [6, 6.07) is 10.3. The number of rotatable bonds is 7. The van der Waals surface area contributed by atoms with Gasteiger partial charge in [-0.2, -0.15) is 0 Å². The number of methoxy groups -OCH3 is 2. The third-order valence-corrected chi connectivity index (χ3v) is 4.97. The lowest BCUT2D eigenvalue weighted by molar-refractivity contribution is -0.124. The molecule has 0 aliphatic heterocycles. The standard InChI is InChI=1S/C21H22ClN3O5/c1-13(19(26)23-9-10-29-2)24-18-11-14(22)7-8-17(18)20(27)25(21(24)28)15-5-4-6-16(12-15)30-3/h4-8,11-13H,9-10H2,1-3H3,(H,23,26)/t13-/m0/s1. The zero-order valence-electron chi connectivity index (χ0n) is 16.8. The highest BCUT2D eigenvalue weighted by Crippen LogP contribution is 2.20. The summed E-state index contributed by atoms with van der Waals surface area (Å²) in [5.74, 6) is 0.109. The van der Waals surface area contributed by atoms with Crippen LogP contribution in [0, 0.1) is 0 Å². The lowest BCUT2D eigenvalue weighted by atomic mass is 10.2. The molecule has 0 bridgehead atoms. The van der Waals surface area contributed by atoms with Gasteiger partial charge in [-0.05, 0) is 37.3 Å². The van der Waals surface area contributed by atoms with E-state index in [1.165, 1.54) is 24.9 Å². The highest BCUT2D eigenvalue weighted by molar-refractivity contribution is 6.31. The van der Waals surface area contributed by atoms with Crippen molar-refractivity contribution in [3.05, 3.63) is 68.3 Å².